The molecule has 4 rings (SSSR count). The van der Waals surface area contributed by atoms with Gasteiger partial charge >= 0.3 is 0 Å². The topological polar surface area (TPSA) is 104 Å². The van der Waals surface area contributed by atoms with Crippen LogP contribution in [0.15, 0.2) is 37.1 Å². The minimum Gasteiger partial charge on any atom is -0.495 e. The van der Waals surface area contributed by atoms with Gasteiger partial charge < -0.3 is 29.6 Å². The van der Waals surface area contributed by atoms with Gasteiger partial charge in [-0.25, -0.2) is 9.97 Å². The first kappa shape index (κ1) is 26.8. The highest BCUT2D eigenvalue weighted by atomic mass is 35.5. The third-order valence-corrected chi connectivity index (χ3v) is 6.74. The molecule has 1 aromatic carbocycles. The molecular formula is C26H28Cl2N4O5. The number of aromatic nitrogens is 2. The number of carbonyl (C=O) groups excluding carboxylic acids is 1. The third-order valence-electron chi connectivity index (χ3n) is 5.99. The Balaban J connectivity index is 1.75. The number of nitrogens with zero attached hydrogens (tertiary/aromatic N) is 2. The number of methoxy groups -OCH3 is 2. The molecule has 1 aliphatic heterocycles. The summed E-state index contributed by atoms with van der Waals surface area (Å²) < 4.78 is 22.3. The fourth-order valence-electron chi connectivity index (χ4n) is 4.16. The van der Waals surface area contributed by atoms with Crippen LogP contribution in [-0.2, 0) is 9.53 Å². The lowest BCUT2D eigenvalue weighted by atomic mass is 10.0. The summed E-state index contributed by atoms with van der Waals surface area (Å²) in [5.74, 6) is 1.57. The summed E-state index contributed by atoms with van der Waals surface area (Å²) in [5, 5.41) is 8.45. The number of carbonyl (C=O) groups is 1. The Hall–Kier alpha value is -3.27. The number of fused-ring (bicyclic) bond motifs is 1. The van der Waals surface area contributed by atoms with Gasteiger partial charge in [-0.2, -0.15) is 0 Å². The Morgan fingerprint density at radius 2 is 1.92 bits per heavy atom. The number of rotatable bonds is 9. The number of amides is 1. The van der Waals surface area contributed by atoms with E-state index in [1.165, 1.54) is 20.3 Å². The summed E-state index contributed by atoms with van der Waals surface area (Å²) in [6, 6.07) is 5.01. The first-order valence-electron chi connectivity index (χ1n) is 11.7. The zero-order valence-electron chi connectivity index (χ0n) is 20.8. The van der Waals surface area contributed by atoms with E-state index in [-0.39, 0.29) is 18.0 Å². The van der Waals surface area contributed by atoms with Gasteiger partial charge in [0.2, 0.25) is 11.8 Å². The molecule has 1 aliphatic rings. The molecule has 1 amide bonds. The second-order valence-electron chi connectivity index (χ2n) is 8.25. The number of anilines is 1. The van der Waals surface area contributed by atoms with Crippen LogP contribution in [0, 0.1) is 0 Å². The number of nitrogens with one attached hydrogen (secondary N) is 2. The molecule has 2 atom stereocenters. The SMILES string of the molecule is C=CC(=O)NC1CCOCC1Nc1cc2c(OCC)nc(-c3c(Cl)c(OC)cc(OC)c3Cl)cc2cn1. The predicted octanol–water partition coefficient (Wildman–Crippen LogP) is 4.89. The molecule has 1 fully saturated rings. The first-order valence-corrected chi connectivity index (χ1v) is 12.5. The first-order chi connectivity index (χ1) is 17.9. The lowest BCUT2D eigenvalue weighted by Gasteiger charge is -2.32. The standard InChI is InChI=1S/C26H28Cl2N4O5/c1-5-22(33)31-16-7-8-36-13-18(16)30-21-10-15-14(12-29-21)9-17(32-26(15)37-6-2)23-24(27)19(34-3)11-20(35-4)25(23)28/h5,9-12,16,18H,1,6-8,13H2,2-4H3,(H,29,30)(H,31,33). The molecule has 0 radical (unpaired) electrons. The molecule has 0 spiro atoms. The molecule has 1 saturated heterocycles. The molecule has 9 nitrogen and oxygen atoms in total. The molecule has 3 heterocycles. The van der Waals surface area contributed by atoms with E-state index in [0.717, 1.165) is 10.8 Å². The van der Waals surface area contributed by atoms with Crippen molar-refractivity contribution in [2.75, 3.05) is 39.4 Å². The van der Waals surface area contributed by atoms with Gasteiger partial charge in [0.1, 0.15) is 17.3 Å². The van der Waals surface area contributed by atoms with Gasteiger partial charge in [-0.3, -0.25) is 4.79 Å². The average molecular weight is 547 g/mol. The molecule has 196 valence electrons. The lowest BCUT2D eigenvalue weighted by molar-refractivity contribution is -0.117. The molecule has 3 aromatic rings. The second-order valence-corrected chi connectivity index (χ2v) is 9.01. The van der Waals surface area contributed by atoms with Crippen LogP contribution >= 0.6 is 23.2 Å². The lowest BCUT2D eigenvalue weighted by Crippen LogP contribution is -2.52. The summed E-state index contributed by atoms with van der Waals surface area (Å²) in [4.78, 5) is 21.2. The van der Waals surface area contributed by atoms with Crippen LogP contribution in [0.4, 0.5) is 5.82 Å². The molecular weight excluding hydrogens is 519 g/mol. The zero-order valence-corrected chi connectivity index (χ0v) is 22.3. The number of hydrogen-bond donors (Lipinski definition) is 2. The molecule has 2 unspecified atom stereocenters. The maximum absolute atomic E-state index is 11.9. The molecule has 0 bridgehead atoms. The Morgan fingerprint density at radius 1 is 1.19 bits per heavy atom. The Kier molecular flexibility index (Phi) is 8.58. The van der Waals surface area contributed by atoms with Crippen molar-refractivity contribution in [1.82, 2.24) is 15.3 Å². The highest BCUT2D eigenvalue weighted by Crippen LogP contribution is 2.46. The van der Waals surface area contributed by atoms with E-state index < -0.39 is 0 Å². The van der Waals surface area contributed by atoms with Crippen molar-refractivity contribution in [2.45, 2.75) is 25.4 Å². The Labute approximate surface area is 225 Å². The van der Waals surface area contributed by atoms with E-state index in [4.69, 9.17) is 47.1 Å². The van der Waals surface area contributed by atoms with E-state index >= 15 is 0 Å². The van der Waals surface area contributed by atoms with Gasteiger partial charge in [0.15, 0.2) is 0 Å². The minimum absolute atomic E-state index is 0.129. The number of hydrogen-bond acceptors (Lipinski definition) is 8. The van der Waals surface area contributed by atoms with Crippen LogP contribution in [0.3, 0.4) is 0 Å². The van der Waals surface area contributed by atoms with Crippen molar-refractivity contribution in [3.63, 3.8) is 0 Å². The second kappa shape index (κ2) is 11.9. The van der Waals surface area contributed by atoms with Gasteiger partial charge in [-0.15, -0.1) is 0 Å². The van der Waals surface area contributed by atoms with Crippen molar-refractivity contribution >= 4 is 45.7 Å². The van der Waals surface area contributed by atoms with Gasteiger partial charge in [0.25, 0.3) is 0 Å². The maximum atomic E-state index is 11.9. The fraction of sp³-hybridized carbons (Fsp3) is 0.346. The fourth-order valence-corrected chi connectivity index (χ4v) is 4.86. The molecule has 0 aliphatic carbocycles. The molecule has 2 N–H and O–H groups in total. The van der Waals surface area contributed by atoms with Crippen LogP contribution in [-0.4, -0.2) is 62.0 Å². The maximum Gasteiger partial charge on any atom is 0.243 e. The number of halogens is 2. The van der Waals surface area contributed by atoms with E-state index in [1.54, 1.807) is 12.3 Å². The third kappa shape index (κ3) is 5.69. The molecule has 2 aromatic heterocycles. The number of benzene rings is 1. The van der Waals surface area contributed by atoms with Gasteiger partial charge in [-0.05, 0) is 31.6 Å². The quantitative estimate of drug-likeness (QED) is 0.365. The van der Waals surface area contributed by atoms with Crippen molar-refractivity contribution in [3.8, 4) is 28.6 Å². The van der Waals surface area contributed by atoms with Crippen molar-refractivity contribution < 1.29 is 23.7 Å². The number of pyridine rings is 2. The van der Waals surface area contributed by atoms with Gasteiger partial charge in [0.05, 0.1) is 55.3 Å². The van der Waals surface area contributed by atoms with E-state index in [1.807, 2.05) is 19.1 Å². The zero-order chi connectivity index (χ0) is 26.5. The summed E-state index contributed by atoms with van der Waals surface area (Å²) in [6.45, 7) is 6.78. The van der Waals surface area contributed by atoms with Crippen molar-refractivity contribution in [1.29, 1.82) is 0 Å². The van der Waals surface area contributed by atoms with Crippen LogP contribution in [0.25, 0.3) is 22.0 Å². The van der Waals surface area contributed by atoms with Crippen LogP contribution in [0.5, 0.6) is 17.4 Å². The van der Waals surface area contributed by atoms with Crippen molar-refractivity contribution in [2.24, 2.45) is 0 Å². The molecule has 0 saturated carbocycles. The largest absolute Gasteiger partial charge is 0.495 e. The highest BCUT2D eigenvalue weighted by molar-refractivity contribution is 6.41. The molecule has 11 heteroatoms. The van der Waals surface area contributed by atoms with Gasteiger partial charge in [-0.1, -0.05) is 29.8 Å². The summed E-state index contributed by atoms with van der Waals surface area (Å²) >= 11 is 13.3. The highest BCUT2D eigenvalue weighted by Gasteiger charge is 2.27. The normalized spacial score (nSPS) is 17.2. The summed E-state index contributed by atoms with van der Waals surface area (Å²) in [7, 11) is 3.03. The Bertz CT molecular complexity index is 1290. The smallest absolute Gasteiger partial charge is 0.243 e. The van der Waals surface area contributed by atoms with E-state index in [0.29, 0.717) is 70.7 Å². The molecule has 37 heavy (non-hydrogen) atoms. The summed E-state index contributed by atoms with van der Waals surface area (Å²) in [5.41, 5.74) is 0.947. The number of ether oxygens (including phenoxy) is 4. The van der Waals surface area contributed by atoms with Gasteiger partial charge in [0, 0.05) is 35.2 Å². The van der Waals surface area contributed by atoms with Crippen LogP contribution in [0.2, 0.25) is 10.0 Å². The average Bonchev–Trinajstić information content (AvgIpc) is 2.90. The van der Waals surface area contributed by atoms with E-state index in [2.05, 4.69) is 22.2 Å². The van der Waals surface area contributed by atoms with Crippen LogP contribution < -0.4 is 24.8 Å². The monoisotopic (exact) mass is 546 g/mol. The summed E-state index contributed by atoms with van der Waals surface area (Å²) in [6.07, 6.45) is 3.64. The minimum atomic E-state index is -0.230. The Morgan fingerprint density at radius 3 is 2.57 bits per heavy atom. The van der Waals surface area contributed by atoms with E-state index in [9.17, 15) is 4.79 Å². The van der Waals surface area contributed by atoms with Crippen LogP contribution in [0.1, 0.15) is 13.3 Å². The predicted molar refractivity (Wildman–Crippen MR) is 144 cm³/mol. The van der Waals surface area contributed by atoms with Crippen molar-refractivity contribution in [3.05, 3.63) is 47.1 Å².